The number of unbranched alkanes of at least 4 members (excludes halogenated alkanes) is 3. The fourth-order valence-electron chi connectivity index (χ4n) is 1.58. The molecule has 1 aromatic heterocycles. The third-order valence-electron chi connectivity index (χ3n) is 2.80. The SMILES string of the molecule is CCCCCNCC(=O)C(O)CCCCO.c1cnon1. The maximum Gasteiger partial charge on any atom is 0.174 e. The summed E-state index contributed by atoms with van der Waals surface area (Å²) in [6.45, 7) is 3.35. The highest BCUT2D eigenvalue weighted by atomic mass is 16.6. The van der Waals surface area contributed by atoms with Crippen LogP contribution < -0.4 is 5.32 Å². The van der Waals surface area contributed by atoms with Crippen LogP contribution in [0.15, 0.2) is 17.0 Å². The van der Waals surface area contributed by atoms with E-state index in [-0.39, 0.29) is 18.9 Å². The van der Waals surface area contributed by atoms with Crippen molar-refractivity contribution < 1.29 is 19.6 Å². The van der Waals surface area contributed by atoms with E-state index in [1.54, 1.807) is 0 Å². The minimum absolute atomic E-state index is 0.121. The van der Waals surface area contributed by atoms with Crippen molar-refractivity contribution in [2.75, 3.05) is 19.7 Å². The predicted octanol–water partition coefficient (Wildman–Crippen LogP) is 0.928. The number of ketones is 1. The van der Waals surface area contributed by atoms with Gasteiger partial charge in [-0.1, -0.05) is 30.1 Å². The normalized spacial score (nSPS) is 11.6. The number of aliphatic hydroxyl groups excluding tert-OH is 2. The molecular formula is C14H27N3O4. The third kappa shape index (κ3) is 13.4. The van der Waals surface area contributed by atoms with Crippen LogP contribution >= 0.6 is 0 Å². The van der Waals surface area contributed by atoms with Crippen molar-refractivity contribution in [2.24, 2.45) is 0 Å². The minimum atomic E-state index is -0.870. The van der Waals surface area contributed by atoms with Gasteiger partial charge in [-0.3, -0.25) is 4.79 Å². The number of carbonyl (C=O) groups excluding carboxylic acids is 1. The van der Waals surface area contributed by atoms with E-state index < -0.39 is 6.10 Å². The zero-order valence-electron chi connectivity index (χ0n) is 12.7. The van der Waals surface area contributed by atoms with E-state index >= 15 is 0 Å². The highest BCUT2D eigenvalue weighted by molar-refractivity contribution is 5.84. The average molecular weight is 301 g/mol. The lowest BCUT2D eigenvalue weighted by Crippen LogP contribution is -2.32. The minimum Gasteiger partial charge on any atom is -0.396 e. The van der Waals surface area contributed by atoms with Gasteiger partial charge >= 0.3 is 0 Å². The van der Waals surface area contributed by atoms with Gasteiger partial charge in [0.15, 0.2) is 5.78 Å². The third-order valence-corrected chi connectivity index (χ3v) is 2.80. The van der Waals surface area contributed by atoms with Gasteiger partial charge in [0.25, 0.3) is 0 Å². The van der Waals surface area contributed by atoms with Gasteiger partial charge in [-0.15, -0.1) is 0 Å². The predicted molar refractivity (Wildman–Crippen MR) is 78.6 cm³/mol. The lowest BCUT2D eigenvalue weighted by Gasteiger charge is -2.09. The van der Waals surface area contributed by atoms with E-state index in [2.05, 4.69) is 27.2 Å². The molecule has 21 heavy (non-hydrogen) atoms. The van der Waals surface area contributed by atoms with Gasteiger partial charge in [-0.2, -0.15) is 0 Å². The van der Waals surface area contributed by atoms with Crippen molar-refractivity contribution in [3.8, 4) is 0 Å². The van der Waals surface area contributed by atoms with Crippen molar-refractivity contribution in [2.45, 2.75) is 51.6 Å². The number of nitrogens with one attached hydrogen (secondary N) is 1. The Balaban J connectivity index is 0.000000662. The Kier molecular flexibility index (Phi) is 14.1. The topological polar surface area (TPSA) is 108 Å². The number of hydrogen-bond donors (Lipinski definition) is 3. The molecule has 1 unspecified atom stereocenters. The second kappa shape index (κ2) is 15.1. The first-order chi connectivity index (χ1) is 10.2. The zero-order chi connectivity index (χ0) is 15.8. The lowest BCUT2D eigenvalue weighted by molar-refractivity contribution is -0.126. The van der Waals surface area contributed by atoms with E-state index in [4.69, 9.17) is 5.11 Å². The summed E-state index contributed by atoms with van der Waals surface area (Å²) in [6.07, 6.45) is 7.28. The monoisotopic (exact) mass is 301 g/mol. The van der Waals surface area contributed by atoms with Crippen molar-refractivity contribution in [3.05, 3.63) is 12.4 Å². The van der Waals surface area contributed by atoms with Gasteiger partial charge in [0, 0.05) is 6.61 Å². The van der Waals surface area contributed by atoms with Crippen LogP contribution in [0.25, 0.3) is 0 Å². The van der Waals surface area contributed by atoms with Gasteiger partial charge in [-0.25, -0.2) is 4.63 Å². The molecule has 122 valence electrons. The second-order valence-electron chi connectivity index (χ2n) is 4.68. The fraction of sp³-hybridized carbons (Fsp3) is 0.786. The van der Waals surface area contributed by atoms with Crippen LogP contribution in [-0.4, -0.2) is 52.1 Å². The molecule has 1 atom stereocenters. The molecular weight excluding hydrogens is 274 g/mol. The summed E-state index contributed by atoms with van der Waals surface area (Å²) in [7, 11) is 0. The summed E-state index contributed by atoms with van der Waals surface area (Å²) in [5.41, 5.74) is 0. The number of aliphatic hydroxyl groups is 2. The molecule has 0 saturated carbocycles. The van der Waals surface area contributed by atoms with Crippen LogP contribution in [0.3, 0.4) is 0 Å². The molecule has 0 aromatic carbocycles. The number of aromatic nitrogens is 2. The summed E-state index contributed by atoms with van der Waals surface area (Å²) < 4.78 is 4.08. The first-order valence-electron chi connectivity index (χ1n) is 7.46. The Morgan fingerprint density at radius 2 is 1.95 bits per heavy atom. The fourth-order valence-corrected chi connectivity index (χ4v) is 1.58. The van der Waals surface area contributed by atoms with Gasteiger partial charge < -0.3 is 15.5 Å². The second-order valence-corrected chi connectivity index (χ2v) is 4.68. The summed E-state index contributed by atoms with van der Waals surface area (Å²) in [4.78, 5) is 11.4. The molecule has 1 rings (SSSR count). The quantitative estimate of drug-likeness (QED) is 0.522. The van der Waals surface area contributed by atoms with Crippen molar-refractivity contribution in [3.63, 3.8) is 0 Å². The van der Waals surface area contributed by atoms with Crippen molar-refractivity contribution in [1.29, 1.82) is 0 Å². The van der Waals surface area contributed by atoms with E-state index in [1.165, 1.54) is 25.2 Å². The molecule has 3 N–H and O–H groups in total. The summed E-state index contributed by atoms with van der Waals surface area (Å²) in [5, 5.41) is 27.5. The lowest BCUT2D eigenvalue weighted by atomic mass is 10.1. The standard InChI is InChI=1S/C12H25NO3.C2H2N2O/c1-2-3-5-8-13-10-12(16)11(15)7-4-6-9-14;1-2-4-5-3-1/h11,13-15H,2-10H2,1H3;1-2H. The number of rotatable bonds is 11. The van der Waals surface area contributed by atoms with Crippen LogP contribution in [-0.2, 0) is 4.79 Å². The molecule has 1 aromatic rings. The van der Waals surface area contributed by atoms with Gasteiger partial charge in [0.2, 0.25) is 0 Å². The Morgan fingerprint density at radius 1 is 1.24 bits per heavy atom. The van der Waals surface area contributed by atoms with Gasteiger partial charge in [-0.05, 0) is 32.2 Å². The van der Waals surface area contributed by atoms with Crippen LogP contribution in [0.1, 0.15) is 45.4 Å². The number of carbonyl (C=O) groups is 1. The molecule has 0 fully saturated rings. The van der Waals surface area contributed by atoms with Crippen LogP contribution in [0, 0.1) is 0 Å². The highest BCUT2D eigenvalue weighted by Crippen LogP contribution is 2.01. The molecule has 0 bridgehead atoms. The molecule has 0 aliphatic heterocycles. The van der Waals surface area contributed by atoms with Gasteiger partial charge in [0.1, 0.15) is 6.10 Å². The Morgan fingerprint density at radius 3 is 2.48 bits per heavy atom. The first kappa shape index (κ1) is 19.7. The average Bonchev–Trinajstić information content (AvgIpc) is 3.06. The van der Waals surface area contributed by atoms with Crippen molar-refractivity contribution in [1.82, 2.24) is 15.6 Å². The van der Waals surface area contributed by atoms with E-state index in [0.717, 1.165) is 13.0 Å². The molecule has 0 saturated heterocycles. The highest BCUT2D eigenvalue weighted by Gasteiger charge is 2.13. The smallest absolute Gasteiger partial charge is 0.174 e. The van der Waals surface area contributed by atoms with E-state index in [9.17, 15) is 9.90 Å². The molecule has 0 spiro atoms. The number of Topliss-reactive ketones (excluding diaryl/α,β-unsaturated/α-hetero) is 1. The van der Waals surface area contributed by atoms with Gasteiger partial charge in [0.05, 0.1) is 18.9 Å². The molecule has 0 radical (unpaired) electrons. The Hall–Kier alpha value is -1.31. The van der Waals surface area contributed by atoms with Crippen LogP contribution in [0.4, 0.5) is 0 Å². The first-order valence-corrected chi connectivity index (χ1v) is 7.46. The van der Waals surface area contributed by atoms with E-state index in [1.807, 2.05) is 0 Å². The zero-order valence-corrected chi connectivity index (χ0v) is 12.7. The van der Waals surface area contributed by atoms with Crippen molar-refractivity contribution >= 4 is 5.78 Å². The molecule has 0 aliphatic rings. The summed E-state index contributed by atoms with van der Waals surface area (Å²) in [6, 6.07) is 0. The number of nitrogens with zero attached hydrogens (tertiary/aromatic N) is 2. The molecule has 0 amide bonds. The summed E-state index contributed by atoms with van der Waals surface area (Å²) in [5.74, 6) is -0.144. The van der Waals surface area contributed by atoms with Crippen LogP contribution in [0.2, 0.25) is 0 Å². The van der Waals surface area contributed by atoms with E-state index in [0.29, 0.717) is 19.3 Å². The Bertz CT molecular complexity index is 303. The largest absolute Gasteiger partial charge is 0.396 e. The molecule has 7 nitrogen and oxygen atoms in total. The summed E-state index contributed by atoms with van der Waals surface area (Å²) >= 11 is 0. The molecule has 0 aliphatic carbocycles. The number of hydrogen-bond acceptors (Lipinski definition) is 7. The molecule has 1 heterocycles. The maximum absolute atomic E-state index is 11.4. The Labute approximate surface area is 125 Å². The molecule has 7 heteroatoms. The maximum atomic E-state index is 11.4. The van der Waals surface area contributed by atoms with Crippen LogP contribution in [0.5, 0.6) is 0 Å².